The molecule has 1 atom stereocenters. The van der Waals surface area contributed by atoms with Crippen LogP contribution in [0.2, 0.25) is 0 Å². The van der Waals surface area contributed by atoms with Crippen molar-refractivity contribution in [1.29, 1.82) is 0 Å². The molecule has 8 nitrogen and oxygen atoms in total. The first-order chi connectivity index (χ1) is 7.13. The number of hydrogen-bond donors (Lipinski definition) is 2. The van der Waals surface area contributed by atoms with Gasteiger partial charge in [-0.25, -0.2) is 4.68 Å². The van der Waals surface area contributed by atoms with Gasteiger partial charge in [-0.15, -0.1) is 5.10 Å². The van der Waals surface area contributed by atoms with Crippen molar-refractivity contribution in [2.45, 2.75) is 19.5 Å². The van der Waals surface area contributed by atoms with Crippen molar-refractivity contribution in [3.8, 4) is 0 Å². The smallest absolute Gasteiger partial charge is 0.242 e. The number of tetrazole rings is 1. The Hall–Kier alpha value is -1.99. The highest BCUT2D eigenvalue weighted by atomic mass is 16.2. The van der Waals surface area contributed by atoms with E-state index in [1.54, 1.807) is 6.92 Å². The van der Waals surface area contributed by atoms with E-state index in [2.05, 4.69) is 26.2 Å². The first-order valence-electron chi connectivity index (χ1n) is 4.35. The molecule has 0 aromatic carbocycles. The summed E-state index contributed by atoms with van der Waals surface area (Å²) < 4.78 is 1.27. The van der Waals surface area contributed by atoms with Crippen LogP contribution in [0.25, 0.3) is 0 Å². The molecule has 0 radical (unpaired) electrons. The second kappa shape index (κ2) is 5.03. The summed E-state index contributed by atoms with van der Waals surface area (Å²) in [4.78, 5) is 22.4. The molecule has 1 heterocycles. The maximum absolute atomic E-state index is 11.3. The van der Waals surface area contributed by atoms with Crippen LogP contribution in [-0.2, 0) is 16.1 Å². The summed E-state index contributed by atoms with van der Waals surface area (Å²) in [6, 6.07) is -0.570. The van der Waals surface area contributed by atoms with Crippen LogP contribution in [0.1, 0.15) is 6.92 Å². The Kier molecular flexibility index (Phi) is 3.72. The van der Waals surface area contributed by atoms with Gasteiger partial charge in [0.25, 0.3) is 0 Å². The molecule has 0 saturated carbocycles. The molecule has 1 aromatic heterocycles. The molecule has 15 heavy (non-hydrogen) atoms. The molecular weight excluding hydrogens is 200 g/mol. The monoisotopic (exact) mass is 212 g/mol. The number of hydrogen-bond acceptors (Lipinski definition) is 5. The van der Waals surface area contributed by atoms with Crippen LogP contribution in [0.4, 0.5) is 0 Å². The zero-order chi connectivity index (χ0) is 11.3. The minimum absolute atomic E-state index is 0.00562. The largest absolute Gasteiger partial charge is 0.357 e. The third-order valence-electron chi connectivity index (χ3n) is 1.71. The molecule has 82 valence electrons. The molecule has 0 aliphatic heterocycles. The Morgan fingerprint density at radius 3 is 2.80 bits per heavy atom. The zero-order valence-electron chi connectivity index (χ0n) is 8.47. The highest BCUT2D eigenvalue weighted by Crippen LogP contribution is 1.84. The molecule has 2 N–H and O–H groups in total. The Labute approximate surface area is 86.0 Å². The van der Waals surface area contributed by atoms with E-state index < -0.39 is 6.04 Å². The van der Waals surface area contributed by atoms with Crippen LogP contribution in [0.3, 0.4) is 0 Å². The number of carbonyl (C=O) groups excluding carboxylic acids is 2. The highest BCUT2D eigenvalue weighted by Gasteiger charge is 2.14. The van der Waals surface area contributed by atoms with Gasteiger partial charge >= 0.3 is 0 Å². The van der Waals surface area contributed by atoms with Gasteiger partial charge in [-0.2, -0.15) is 0 Å². The fourth-order valence-electron chi connectivity index (χ4n) is 0.969. The molecular formula is C7H12N6O2. The van der Waals surface area contributed by atoms with E-state index in [-0.39, 0.29) is 18.4 Å². The molecule has 0 aliphatic carbocycles. The van der Waals surface area contributed by atoms with Crippen molar-refractivity contribution in [2.24, 2.45) is 0 Å². The number of carbonyl (C=O) groups is 2. The van der Waals surface area contributed by atoms with Gasteiger partial charge in [0.2, 0.25) is 11.8 Å². The van der Waals surface area contributed by atoms with Crippen LogP contribution in [-0.4, -0.2) is 45.1 Å². The quantitative estimate of drug-likeness (QED) is 0.596. The minimum atomic E-state index is -0.570. The number of nitrogens with one attached hydrogen (secondary N) is 2. The van der Waals surface area contributed by atoms with Crippen LogP contribution < -0.4 is 10.6 Å². The zero-order valence-corrected chi connectivity index (χ0v) is 8.47. The van der Waals surface area contributed by atoms with Crippen molar-refractivity contribution in [1.82, 2.24) is 30.8 Å². The average Bonchev–Trinajstić information content (AvgIpc) is 2.68. The summed E-state index contributed by atoms with van der Waals surface area (Å²) in [5.41, 5.74) is 0. The second-order valence-corrected chi connectivity index (χ2v) is 2.91. The maximum atomic E-state index is 11.3. The maximum Gasteiger partial charge on any atom is 0.242 e. The van der Waals surface area contributed by atoms with E-state index in [1.165, 1.54) is 18.1 Å². The van der Waals surface area contributed by atoms with Crippen molar-refractivity contribution in [3.05, 3.63) is 6.33 Å². The minimum Gasteiger partial charge on any atom is -0.357 e. The van der Waals surface area contributed by atoms with E-state index in [9.17, 15) is 9.59 Å². The lowest BCUT2D eigenvalue weighted by molar-refractivity contribution is -0.128. The Bertz CT molecular complexity index is 335. The van der Waals surface area contributed by atoms with Crippen LogP contribution >= 0.6 is 0 Å². The van der Waals surface area contributed by atoms with E-state index in [0.717, 1.165) is 0 Å². The number of amides is 2. The molecule has 1 aromatic rings. The van der Waals surface area contributed by atoms with Gasteiger partial charge in [-0.3, -0.25) is 9.59 Å². The van der Waals surface area contributed by atoms with Gasteiger partial charge in [0.1, 0.15) is 18.9 Å². The Balaban J connectivity index is 2.39. The second-order valence-electron chi connectivity index (χ2n) is 2.91. The molecule has 2 amide bonds. The van der Waals surface area contributed by atoms with E-state index >= 15 is 0 Å². The van der Waals surface area contributed by atoms with E-state index in [1.807, 2.05) is 0 Å². The summed E-state index contributed by atoms with van der Waals surface area (Å²) in [5.74, 6) is -0.571. The number of aromatic nitrogens is 4. The molecule has 1 rings (SSSR count). The van der Waals surface area contributed by atoms with Crippen molar-refractivity contribution >= 4 is 11.8 Å². The lowest BCUT2D eigenvalue weighted by atomic mass is 10.3. The van der Waals surface area contributed by atoms with Gasteiger partial charge in [0.15, 0.2) is 0 Å². The van der Waals surface area contributed by atoms with Crippen molar-refractivity contribution in [2.75, 3.05) is 7.05 Å². The summed E-state index contributed by atoms with van der Waals surface area (Å²) in [7, 11) is 1.51. The fourth-order valence-corrected chi connectivity index (χ4v) is 0.969. The van der Waals surface area contributed by atoms with Gasteiger partial charge < -0.3 is 10.6 Å². The van der Waals surface area contributed by atoms with Crippen molar-refractivity contribution < 1.29 is 9.59 Å². The molecule has 0 fully saturated rings. The van der Waals surface area contributed by atoms with Gasteiger partial charge in [-0.05, 0) is 17.4 Å². The van der Waals surface area contributed by atoms with Crippen LogP contribution in [0.5, 0.6) is 0 Å². The first-order valence-corrected chi connectivity index (χ1v) is 4.35. The fraction of sp³-hybridized carbons (Fsp3) is 0.571. The summed E-state index contributed by atoms with van der Waals surface area (Å²) in [5, 5.41) is 15.2. The molecule has 0 aliphatic rings. The SMILES string of the molecule is CNC(=O)C(C)NC(=O)Cn1cnnn1. The predicted octanol–water partition coefficient (Wildman–Crippen LogP) is -2.08. The predicted molar refractivity (Wildman–Crippen MR) is 49.5 cm³/mol. The summed E-state index contributed by atoms with van der Waals surface area (Å²) in [6.45, 7) is 1.59. The van der Waals surface area contributed by atoms with Crippen LogP contribution in [0.15, 0.2) is 6.33 Å². The average molecular weight is 212 g/mol. The Morgan fingerprint density at radius 1 is 1.53 bits per heavy atom. The number of likely N-dealkylation sites (N-methyl/N-ethyl adjacent to an activating group) is 1. The molecule has 0 spiro atoms. The topological polar surface area (TPSA) is 102 Å². The molecule has 8 heteroatoms. The molecule has 1 unspecified atom stereocenters. The lowest BCUT2D eigenvalue weighted by Crippen LogP contribution is -2.44. The molecule has 0 saturated heterocycles. The normalized spacial score (nSPS) is 11.9. The van der Waals surface area contributed by atoms with Gasteiger partial charge in [0.05, 0.1) is 0 Å². The van der Waals surface area contributed by atoms with Crippen LogP contribution in [0, 0.1) is 0 Å². The summed E-state index contributed by atoms with van der Waals surface area (Å²) >= 11 is 0. The van der Waals surface area contributed by atoms with E-state index in [4.69, 9.17) is 0 Å². The third kappa shape index (κ3) is 3.33. The van der Waals surface area contributed by atoms with Gasteiger partial charge in [0, 0.05) is 7.05 Å². The van der Waals surface area contributed by atoms with E-state index in [0.29, 0.717) is 0 Å². The standard InChI is InChI=1S/C7H12N6O2/c1-5(7(15)8-2)10-6(14)3-13-4-9-11-12-13/h4-5H,3H2,1-2H3,(H,8,15)(H,10,14). The first kappa shape index (κ1) is 11.1. The third-order valence-corrected chi connectivity index (χ3v) is 1.71. The summed E-state index contributed by atoms with van der Waals surface area (Å²) in [6.07, 6.45) is 1.32. The number of nitrogens with zero attached hydrogens (tertiary/aromatic N) is 4. The van der Waals surface area contributed by atoms with Crippen molar-refractivity contribution in [3.63, 3.8) is 0 Å². The Morgan fingerprint density at radius 2 is 2.27 bits per heavy atom. The van der Waals surface area contributed by atoms with Gasteiger partial charge in [-0.1, -0.05) is 0 Å². The highest BCUT2D eigenvalue weighted by molar-refractivity contribution is 5.86. The molecule has 0 bridgehead atoms. The number of rotatable bonds is 4. The lowest BCUT2D eigenvalue weighted by Gasteiger charge is -2.11.